The molecule has 0 aliphatic carbocycles. The van der Waals surface area contributed by atoms with Crippen molar-refractivity contribution in [1.82, 2.24) is 20.6 Å². The van der Waals surface area contributed by atoms with E-state index in [0.717, 1.165) is 0 Å². The van der Waals surface area contributed by atoms with Gasteiger partial charge < -0.3 is 9.47 Å². The molecule has 1 aliphatic heterocycles. The fraction of sp³-hybridized carbons (Fsp3) is 0.429. The molecule has 88 valence electrons. The smallest absolute Gasteiger partial charge is 0.305 e. The van der Waals surface area contributed by atoms with E-state index in [1.807, 2.05) is 0 Å². The van der Waals surface area contributed by atoms with Gasteiger partial charge in [0, 0.05) is 0 Å². The molecule has 0 aromatic carbocycles. The Morgan fingerprint density at radius 3 is 2.35 bits per heavy atom. The third-order valence-corrected chi connectivity index (χ3v) is 1.89. The molecule has 17 heavy (non-hydrogen) atoms. The van der Waals surface area contributed by atoms with Gasteiger partial charge in [-0.05, 0) is 27.6 Å². The van der Waals surface area contributed by atoms with Crippen LogP contribution in [0.5, 0.6) is 11.8 Å². The fourth-order valence-electron chi connectivity index (χ4n) is 1.15. The van der Waals surface area contributed by atoms with E-state index >= 15 is 0 Å². The Morgan fingerprint density at radius 2 is 1.59 bits per heavy atom. The highest BCUT2D eigenvalue weighted by molar-refractivity contribution is 5.40. The molecule has 0 bridgehead atoms. The molecule has 0 amide bonds. The monoisotopic (exact) mass is 238 g/mol. The first-order chi connectivity index (χ1) is 8.33. The van der Waals surface area contributed by atoms with E-state index in [1.165, 1.54) is 0 Å². The number of aromatic nitrogens is 4. The maximum atomic E-state index is 5.38. The summed E-state index contributed by atoms with van der Waals surface area (Å²) in [4.78, 5) is 0. The highest BCUT2D eigenvalue weighted by Crippen LogP contribution is 2.29. The summed E-state index contributed by atoms with van der Waals surface area (Å²) in [7, 11) is 0. The Labute approximate surface area is 93.5 Å². The summed E-state index contributed by atoms with van der Waals surface area (Å²) in [5.74, 6) is 0.523. The van der Waals surface area contributed by atoms with E-state index in [1.54, 1.807) is 6.92 Å². The van der Waals surface area contributed by atoms with Crippen molar-refractivity contribution in [2.24, 2.45) is 10.2 Å². The molecule has 3 heterocycles. The Balaban J connectivity index is 2.02. The van der Waals surface area contributed by atoms with Crippen molar-refractivity contribution in [3.8, 4) is 11.8 Å². The van der Waals surface area contributed by atoms with Gasteiger partial charge in [0.2, 0.25) is 0 Å². The average molecular weight is 238 g/mol. The van der Waals surface area contributed by atoms with E-state index in [9.17, 15) is 0 Å². The molecule has 0 spiro atoms. The highest BCUT2D eigenvalue weighted by atomic mass is 16.6. The van der Waals surface area contributed by atoms with Crippen molar-refractivity contribution in [2.45, 2.75) is 13.0 Å². The van der Waals surface area contributed by atoms with Crippen LogP contribution < -0.4 is 9.47 Å². The quantitative estimate of drug-likeness (QED) is 0.666. The van der Waals surface area contributed by atoms with Gasteiger partial charge in [-0.25, -0.2) is 9.26 Å². The van der Waals surface area contributed by atoms with Gasteiger partial charge in [-0.3, -0.25) is 0 Å². The molecular weight excluding hydrogens is 232 g/mol. The maximum absolute atomic E-state index is 5.38. The molecule has 10 heteroatoms. The Bertz CT molecular complexity index is 548. The van der Waals surface area contributed by atoms with Crippen LogP contribution in [-0.4, -0.2) is 33.3 Å². The van der Waals surface area contributed by atoms with Gasteiger partial charge >= 0.3 is 11.8 Å². The number of azo groups is 1. The van der Waals surface area contributed by atoms with E-state index in [2.05, 4.69) is 40.1 Å². The number of hydrogen-bond donors (Lipinski definition) is 0. The Morgan fingerprint density at radius 1 is 0.941 bits per heavy atom. The van der Waals surface area contributed by atoms with Crippen LogP contribution in [0.1, 0.15) is 6.92 Å². The molecule has 0 saturated carbocycles. The minimum atomic E-state index is -0.293. The van der Waals surface area contributed by atoms with E-state index in [0.29, 0.717) is 0 Å². The number of ether oxygens (including phenoxy) is 2. The van der Waals surface area contributed by atoms with E-state index in [-0.39, 0.29) is 36.1 Å². The summed E-state index contributed by atoms with van der Waals surface area (Å²) in [6, 6.07) is 0. The lowest BCUT2D eigenvalue weighted by atomic mass is 10.4. The third kappa shape index (κ3) is 1.79. The first kappa shape index (κ1) is 9.69. The first-order valence-corrected chi connectivity index (χ1v) is 4.69. The second kappa shape index (κ2) is 3.81. The molecule has 2 aromatic rings. The van der Waals surface area contributed by atoms with Crippen molar-refractivity contribution < 1.29 is 18.7 Å². The Hall–Kier alpha value is -2.52. The summed E-state index contributed by atoms with van der Waals surface area (Å²) in [5.41, 5.74) is 0. The predicted molar refractivity (Wildman–Crippen MR) is 48.4 cm³/mol. The number of fused-ring (bicyclic) bond motifs is 2. The predicted octanol–water partition coefficient (Wildman–Crippen LogP) is 1.03. The molecule has 10 nitrogen and oxygen atoms in total. The van der Waals surface area contributed by atoms with Gasteiger partial charge in [0.25, 0.3) is 11.6 Å². The van der Waals surface area contributed by atoms with Crippen LogP contribution in [0.25, 0.3) is 0 Å². The first-order valence-electron chi connectivity index (χ1n) is 4.69. The van der Waals surface area contributed by atoms with Crippen molar-refractivity contribution in [1.29, 1.82) is 0 Å². The standard InChI is InChI=1S/C7H6N6O4/c1-3-2-14-6-4(10-16-12-6)8-9-5-7(15-3)13-17-11-5/h3H,2H2,1H3. The topological polar surface area (TPSA) is 121 Å². The van der Waals surface area contributed by atoms with Gasteiger partial charge in [-0.2, -0.15) is 0 Å². The van der Waals surface area contributed by atoms with Crippen LogP contribution in [0.4, 0.5) is 11.6 Å². The van der Waals surface area contributed by atoms with Crippen LogP contribution >= 0.6 is 0 Å². The van der Waals surface area contributed by atoms with Crippen molar-refractivity contribution in [3.05, 3.63) is 0 Å². The van der Waals surface area contributed by atoms with E-state index in [4.69, 9.17) is 9.47 Å². The van der Waals surface area contributed by atoms with Crippen molar-refractivity contribution in [2.75, 3.05) is 6.61 Å². The molecule has 0 N–H and O–H groups in total. The van der Waals surface area contributed by atoms with Crippen LogP contribution in [0.15, 0.2) is 19.5 Å². The maximum Gasteiger partial charge on any atom is 0.305 e. The lowest BCUT2D eigenvalue weighted by Crippen LogP contribution is -2.21. The molecule has 2 aromatic heterocycles. The summed E-state index contributed by atoms with van der Waals surface area (Å²) in [6.07, 6.45) is -0.293. The minimum absolute atomic E-state index is 0.118. The van der Waals surface area contributed by atoms with Crippen molar-refractivity contribution in [3.63, 3.8) is 0 Å². The average Bonchev–Trinajstić information content (AvgIpc) is 2.92. The largest absolute Gasteiger partial charge is 0.469 e. The second-order valence-electron chi connectivity index (χ2n) is 3.23. The normalized spacial score (nSPS) is 18.8. The molecule has 1 atom stereocenters. The lowest BCUT2D eigenvalue weighted by molar-refractivity contribution is 0.125. The lowest BCUT2D eigenvalue weighted by Gasteiger charge is -2.12. The molecule has 0 radical (unpaired) electrons. The minimum Gasteiger partial charge on any atom is -0.469 e. The SMILES string of the molecule is CC1COc2nonc2N=Nc2nonc2O1. The van der Waals surface area contributed by atoms with E-state index < -0.39 is 0 Å². The molecule has 0 saturated heterocycles. The van der Waals surface area contributed by atoms with Gasteiger partial charge in [0.15, 0.2) is 0 Å². The number of rotatable bonds is 0. The van der Waals surface area contributed by atoms with Gasteiger partial charge in [0.05, 0.1) is 0 Å². The summed E-state index contributed by atoms with van der Waals surface area (Å²) >= 11 is 0. The summed E-state index contributed by atoms with van der Waals surface area (Å²) in [6.45, 7) is 2.01. The highest BCUT2D eigenvalue weighted by Gasteiger charge is 2.20. The van der Waals surface area contributed by atoms with Gasteiger partial charge in [0.1, 0.15) is 12.7 Å². The second-order valence-corrected chi connectivity index (χ2v) is 3.23. The molecule has 0 fully saturated rings. The fourth-order valence-corrected chi connectivity index (χ4v) is 1.15. The zero-order chi connectivity index (χ0) is 11.7. The van der Waals surface area contributed by atoms with Gasteiger partial charge in [-0.1, -0.05) is 0 Å². The number of hydrogen-bond acceptors (Lipinski definition) is 10. The Kier molecular flexibility index (Phi) is 2.17. The van der Waals surface area contributed by atoms with Crippen LogP contribution in [0.2, 0.25) is 0 Å². The molecule has 1 unspecified atom stereocenters. The van der Waals surface area contributed by atoms with Crippen LogP contribution in [-0.2, 0) is 0 Å². The summed E-state index contributed by atoms with van der Waals surface area (Å²) < 4.78 is 19.6. The molecular formula is C7H6N6O4. The van der Waals surface area contributed by atoms with Gasteiger partial charge in [-0.15, -0.1) is 10.2 Å². The summed E-state index contributed by atoms with van der Waals surface area (Å²) in [5, 5.41) is 21.6. The molecule has 3 rings (SSSR count). The van der Waals surface area contributed by atoms with Crippen LogP contribution in [0, 0.1) is 0 Å². The molecule has 1 aliphatic rings. The van der Waals surface area contributed by atoms with Crippen LogP contribution in [0.3, 0.4) is 0 Å². The third-order valence-electron chi connectivity index (χ3n) is 1.89. The zero-order valence-electron chi connectivity index (χ0n) is 8.60. The zero-order valence-corrected chi connectivity index (χ0v) is 8.60. The number of nitrogens with zero attached hydrogens (tertiary/aromatic N) is 6. The van der Waals surface area contributed by atoms with Crippen molar-refractivity contribution >= 4 is 11.6 Å².